The maximum Gasteiger partial charge on any atom is 0.326 e. The number of rotatable bonds is 6. The van der Waals surface area contributed by atoms with Crippen molar-refractivity contribution in [2.24, 2.45) is 0 Å². The molecular formula is C14H20N2O3. The van der Waals surface area contributed by atoms with Crippen LogP contribution in [0.1, 0.15) is 47.9 Å². The molecule has 1 heterocycles. The molecule has 5 heteroatoms. The molecule has 0 aromatic carbocycles. The summed E-state index contributed by atoms with van der Waals surface area (Å²) in [5, 5.41) is 11.6. The van der Waals surface area contributed by atoms with Crippen LogP contribution >= 0.6 is 0 Å². The standard InChI is InChI=1S/C14H20N2O3/c1-4-5-6-12(14(18)19)16-13(17)11-8-7-9(2)15-10(11)3/h7-8,12H,4-6H2,1-3H3,(H,16,17)(H,18,19)/t12-/m0/s1. The lowest BCUT2D eigenvalue weighted by Crippen LogP contribution is -2.41. The van der Waals surface area contributed by atoms with E-state index in [0.29, 0.717) is 17.7 Å². The number of aromatic nitrogens is 1. The monoisotopic (exact) mass is 264 g/mol. The third kappa shape index (κ3) is 4.35. The number of pyridine rings is 1. The fourth-order valence-corrected chi connectivity index (χ4v) is 1.83. The van der Waals surface area contributed by atoms with Crippen molar-refractivity contribution in [3.8, 4) is 0 Å². The number of hydrogen-bond acceptors (Lipinski definition) is 3. The normalized spacial score (nSPS) is 11.9. The van der Waals surface area contributed by atoms with Gasteiger partial charge in [-0.15, -0.1) is 0 Å². The first-order valence-corrected chi connectivity index (χ1v) is 6.43. The van der Waals surface area contributed by atoms with Crippen molar-refractivity contribution in [3.05, 3.63) is 29.1 Å². The highest BCUT2D eigenvalue weighted by Crippen LogP contribution is 2.08. The second-order valence-electron chi connectivity index (χ2n) is 4.59. The molecule has 0 aliphatic rings. The highest BCUT2D eigenvalue weighted by molar-refractivity contribution is 5.97. The smallest absolute Gasteiger partial charge is 0.326 e. The number of carbonyl (C=O) groups excluding carboxylic acids is 1. The average molecular weight is 264 g/mol. The van der Waals surface area contributed by atoms with Crippen molar-refractivity contribution < 1.29 is 14.7 Å². The minimum Gasteiger partial charge on any atom is -0.480 e. The van der Waals surface area contributed by atoms with Crippen LogP contribution in [-0.4, -0.2) is 28.0 Å². The highest BCUT2D eigenvalue weighted by Gasteiger charge is 2.21. The molecule has 1 aromatic rings. The van der Waals surface area contributed by atoms with E-state index in [1.54, 1.807) is 19.1 Å². The number of unbranched alkanes of at least 4 members (excludes halogenated alkanes) is 1. The molecule has 104 valence electrons. The molecule has 5 nitrogen and oxygen atoms in total. The fraction of sp³-hybridized carbons (Fsp3) is 0.500. The molecule has 0 radical (unpaired) electrons. The summed E-state index contributed by atoms with van der Waals surface area (Å²) < 4.78 is 0. The summed E-state index contributed by atoms with van der Waals surface area (Å²) in [6.45, 7) is 5.56. The van der Waals surface area contributed by atoms with Crippen LogP contribution in [0.25, 0.3) is 0 Å². The Labute approximate surface area is 113 Å². The molecule has 19 heavy (non-hydrogen) atoms. The minimum atomic E-state index is -1.00. The molecule has 2 N–H and O–H groups in total. The summed E-state index contributed by atoms with van der Waals surface area (Å²) in [6, 6.07) is 2.57. The van der Waals surface area contributed by atoms with E-state index in [2.05, 4.69) is 10.3 Å². The summed E-state index contributed by atoms with van der Waals surface area (Å²) in [4.78, 5) is 27.3. The van der Waals surface area contributed by atoms with Gasteiger partial charge in [0, 0.05) is 5.69 Å². The van der Waals surface area contributed by atoms with E-state index in [9.17, 15) is 9.59 Å². The molecule has 0 unspecified atom stereocenters. The molecule has 0 spiro atoms. The number of aliphatic carboxylic acids is 1. The molecule has 0 aliphatic heterocycles. The van der Waals surface area contributed by atoms with Crippen molar-refractivity contribution in [2.75, 3.05) is 0 Å². The Hall–Kier alpha value is -1.91. The summed E-state index contributed by atoms with van der Waals surface area (Å²) in [7, 11) is 0. The lowest BCUT2D eigenvalue weighted by molar-refractivity contribution is -0.139. The predicted molar refractivity (Wildman–Crippen MR) is 72.1 cm³/mol. The van der Waals surface area contributed by atoms with Gasteiger partial charge < -0.3 is 10.4 Å². The molecule has 1 atom stereocenters. The zero-order chi connectivity index (χ0) is 14.4. The molecule has 1 aromatic heterocycles. The number of carbonyl (C=O) groups is 2. The van der Waals surface area contributed by atoms with Gasteiger partial charge >= 0.3 is 5.97 Å². The van der Waals surface area contributed by atoms with E-state index in [-0.39, 0.29) is 5.91 Å². The van der Waals surface area contributed by atoms with Gasteiger partial charge in [0.05, 0.1) is 11.3 Å². The Morgan fingerprint density at radius 1 is 1.37 bits per heavy atom. The van der Waals surface area contributed by atoms with Gasteiger partial charge in [0.25, 0.3) is 5.91 Å². The summed E-state index contributed by atoms with van der Waals surface area (Å²) in [5.74, 6) is -1.38. The average Bonchev–Trinajstić information content (AvgIpc) is 2.33. The van der Waals surface area contributed by atoms with Crippen molar-refractivity contribution >= 4 is 11.9 Å². The zero-order valence-electron chi connectivity index (χ0n) is 11.6. The Morgan fingerprint density at radius 2 is 2.05 bits per heavy atom. The van der Waals surface area contributed by atoms with Gasteiger partial charge in [0.1, 0.15) is 6.04 Å². The van der Waals surface area contributed by atoms with Gasteiger partial charge in [-0.2, -0.15) is 0 Å². The molecule has 1 amide bonds. The third-order valence-electron chi connectivity index (χ3n) is 2.92. The number of nitrogens with one attached hydrogen (secondary N) is 1. The van der Waals surface area contributed by atoms with Crippen LogP contribution in [0, 0.1) is 13.8 Å². The molecule has 1 rings (SSSR count). The summed E-state index contributed by atoms with van der Waals surface area (Å²) >= 11 is 0. The van der Waals surface area contributed by atoms with Crippen molar-refractivity contribution in [1.82, 2.24) is 10.3 Å². The second kappa shape index (κ2) is 6.87. The quantitative estimate of drug-likeness (QED) is 0.824. The number of carboxylic acid groups (broad SMARTS) is 1. The van der Waals surface area contributed by atoms with Crippen LogP contribution in [0.2, 0.25) is 0 Å². The van der Waals surface area contributed by atoms with E-state index in [4.69, 9.17) is 5.11 Å². The number of hydrogen-bond donors (Lipinski definition) is 2. The highest BCUT2D eigenvalue weighted by atomic mass is 16.4. The first-order chi connectivity index (χ1) is 8.95. The van der Waals surface area contributed by atoms with Crippen LogP contribution in [0.3, 0.4) is 0 Å². The van der Waals surface area contributed by atoms with Gasteiger partial charge in [-0.3, -0.25) is 9.78 Å². The van der Waals surface area contributed by atoms with Crippen LogP contribution in [0.15, 0.2) is 12.1 Å². The summed E-state index contributed by atoms with van der Waals surface area (Å²) in [6.07, 6.45) is 2.10. The molecule has 0 fully saturated rings. The van der Waals surface area contributed by atoms with Crippen molar-refractivity contribution in [3.63, 3.8) is 0 Å². The van der Waals surface area contributed by atoms with Crippen LogP contribution in [0.5, 0.6) is 0 Å². The zero-order valence-corrected chi connectivity index (χ0v) is 11.6. The Bertz CT molecular complexity index is 472. The summed E-state index contributed by atoms with van der Waals surface area (Å²) in [5.41, 5.74) is 1.86. The van der Waals surface area contributed by atoms with Crippen molar-refractivity contribution in [1.29, 1.82) is 0 Å². The van der Waals surface area contributed by atoms with E-state index >= 15 is 0 Å². The van der Waals surface area contributed by atoms with E-state index in [0.717, 1.165) is 18.5 Å². The number of aryl methyl sites for hydroxylation is 2. The largest absolute Gasteiger partial charge is 0.480 e. The maximum absolute atomic E-state index is 12.0. The van der Waals surface area contributed by atoms with Gasteiger partial charge in [-0.25, -0.2) is 4.79 Å². The molecule has 0 saturated heterocycles. The van der Waals surface area contributed by atoms with Crippen LogP contribution in [0.4, 0.5) is 0 Å². The fourth-order valence-electron chi connectivity index (χ4n) is 1.83. The Balaban J connectivity index is 2.78. The Kier molecular flexibility index (Phi) is 5.48. The number of nitrogens with zero attached hydrogens (tertiary/aromatic N) is 1. The molecule has 0 saturated carbocycles. The lowest BCUT2D eigenvalue weighted by atomic mass is 10.1. The Morgan fingerprint density at radius 3 is 2.58 bits per heavy atom. The van der Waals surface area contributed by atoms with Crippen LogP contribution in [-0.2, 0) is 4.79 Å². The topological polar surface area (TPSA) is 79.3 Å². The van der Waals surface area contributed by atoms with Crippen molar-refractivity contribution in [2.45, 2.75) is 46.1 Å². The second-order valence-corrected chi connectivity index (χ2v) is 4.59. The maximum atomic E-state index is 12.0. The van der Waals surface area contributed by atoms with Gasteiger partial charge in [-0.1, -0.05) is 19.8 Å². The van der Waals surface area contributed by atoms with Crippen LogP contribution < -0.4 is 5.32 Å². The third-order valence-corrected chi connectivity index (χ3v) is 2.92. The lowest BCUT2D eigenvalue weighted by Gasteiger charge is -2.15. The predicted octanol–water partition coefficient (Wildman–Crippen LogP) is 2.07. The molecule has 0 bridgehead atoms. The number of amides is 1. The molecular weight excluding hydrogens is 244 g/mol. The van der Waals surface area contributed by atoms with E-state index < -0.39 is 12.0 Å². The first-order valence-electron chi connectivity index (χ1n) is 6.43. The molecule has 0 aliphatic carbocycles. The van der Waals surface area contributed by atoms with E-state index in [1.165, 1.54) is 0 Å². The number of carboxylic acids is 1. The first kappa shape index (κ1) is 15.1. The van der Waals surface area contributed by atoms with Gasteiger partial charge in [0.2, 0.25) is 0 Å². The van der Waals surface area contributed by atoms with Gasteiger partial charge in [0.15, 0.2) is 0 Å². The SMILES string of the molecule is CCCC[C@H](NC(=O)c1ccc(C)nc1C)C(=O)O. The minimum absolute atomic E-state index is 0.381. The van der Waals surface area contributed by atoms with Gasteiger partial charge in [-0.05, 0) is 32.4 Å². The van der Waals surface area contributed by atoms with E-state index in [1.807, 2.05) is 13.8 Å².